The molecule has 0 saturated carbocycles. The molecule has 1 aliphatic heterocycles. The molecule has 2 aromatic heterocycles. The maximum Gasteiger partial charge on any atom is 0.259 e. The molecule has 12 heteroatoms. The second kappa shape index (κ2) is 12.3. The molecule has 1 saturated heterocycles. The van der Waals surface area contributed by atoms with Gasteiger partial charge in [0.25, 0.3) is 5.91 Å². The van der Waals surface area contributed by atoms with Gasteiger partial charge >= 0.3 is 0 Å². The second-order valence-corrected chi connectivity index (χ2v) is 10.9. The number of methoxy groups -OCH3 is 1. The molecule has 4 rings (SSSR count). The van der Waals surface area contributed by atoms with Crippen molar-refractivity contribution >= 4 is 23.0 Å². The highest BCUT2D eigenvalue weighted by molar-refractivity contribution is 5.98. The van der Waals surface area contributed by atoms with Crippen LogP contribution in [0.15, 0.2) is 18.2 Å². The fourth-order valence-electron chi connectivity index (χ4n) is 4.96. The van der Waals surface area contributed by atoms with Crippen LogP contribution in [0.2, 0.25) is 0 Å². The van der Waals surface area contributed by atoms with Gasteiger partial charge in [0.15, 0.2) is 11.4 Å². The van der Waals surface area contributed by atoms with Crippen LogP contribution in [0.25, 0.3) is 5.65 Å². The number of morpholine rings is 1. The first-order chi connectivity index (χ1) is 19.5. The normalized spacial score (nSPS) is 13.9. The third-order valence-electron chi connectivity index (χ3n) is 7.19. The molecule has 0 radical (unpaired) electrons. The molecule has 12 nitrogen and oxygen atoms in total. The van der Waals surface area contributed by atoms with E-state index in [-0.39, 0.29) is 46.4 Å². The summed E-state index contributed by atoms with van der Waals surface area (Å²) in [6, 6.07) is 5.30. The van der Waals surface area contributed by atoms with Crippen molar-refractivity contribution in [3.8, 4) is 11.6 Å². The Morgan fingerprint density at radius 2 is 1.76 bits per heavy atom. The average molecular weight is 568 g/mol. The Morgan fingerprint density at radius 3 is 2.34 bits per heavy atom. The van der Waals surface area contributed by atoms with Gasteiger partial charge in [-0.2, -0.15) is 4.52 Å². The number of anilines is 1. The highest BCUT2D eigenvalue weighted by atomic mass is 16.5. The number of carbonyl (C=O) groups excluding carboxylic acids is 2. The molecule has 0 aliphatic carbocycles. The van der Waals surface area contributed by atoms with E-state index < -0.39 is 0 Å². The fraction of sp³-hybridized carbons (Fsp3) is 0.552. The zero-order valence-electron chi connectivity index (χ0n) is 25.1. The monoisotopic (exact) mass is 567 g/mol. The number of nitrogens with one attached hydrogen (secondary N) is 1. The molecule has 222 valence electrons. The van der Waals surface area contributed by atoms with Crippen LogP contribution in [0, 0.1) is 5.41 Å². The highest BCUT2D eigenvalue weighted by Gasteiger charge is 2.28. The van der Waals surface area contributed by atoms with Gasteiger partial charge in [0.2, 0.25) is 11.5 Å². The Bertz CT molecular complexity index is 1480. The van der Waals surface area contributed by atoms with Gasteiger partial charge in [0.1, 0.15) is 17.9 Å². The summed E-state index contributed by atoms with van der Waals surface area (Å²) in [5, 5.41) is 17.6. The van der Waals surface area contributed by atoms with Crippen LogP contribution in [-0.4, -0.2) is 89.1 Å². The first-order valence-corrected chi connectivity index (χ1v) is 14.1. The molecule has 3 aromatic rings. The number of rotatable bonds is 10. The molecule has 1 amide bonds. The zero-order chi connectivity index (χ0) is 29.9. The van der Waals surface area contributed by atoms with E-state index in [0.717, 1.165) is 17.0 Å². The molecular weight excluding hydrogens is 526 g/mol. The Morgan fingerprint density at radius 1 is 1.07 bits per heavy atom. The van der Waals surface area contributed by atoms with Crippen LogP contribution in [-0.2, 0) is 16.7 Å². The van der Waals surface area contributed by atoms with Crippen molar-refractivity contribution in [2.45, 2.75) is 53.5 Å². The third-order valence-corrected chi connectivity index (χ3v) is 7.19. The molecule has 1 fully saturated rings. The number of aromatic nitrogens is 4. The van der Waals surface area contributed by atoms with Gasteiger partial charge in [-0.15, -0.1) is 10.2 Å². The lowest BCUT2D eigenvalue weighted by atomic mass is 9.84. The highest BCUT2D eigenvalue weighted by Crippen LogP contribution is 2.40. The number of hydrogen-bond acceptors (Lipinski definition) is 9. The molecule has 0 unspecified atom stereocenters. The van der Waals surface area contributed by atoms with Gasteiger partial charge < -0.3 is 24.0 Å². The zero-order valence-corrected chi connectivity index (χ0v) is 25.1. The van der Waals surface area contributed by atoms with Crippen molar-refractivity contribution in [3.05, 3.63) is 40.5 Å². The number of amides is 1. The summed E-state index contributed by atoms with van der Waals surface area (Å²) in [5.41, 5.74) is 2.43. The minimum Gasteiger partial charge on any atom is -0.494 e. The van der Waals surface area contributed by atoms with Gasteiger partial charge in [-0.25, -0.2) is 4.68 Å². The lowest BCUT2D eigenvalue weighted by molar-refractivity contribution is 0.0767. The van der Waals surface area contributed by atoms with E-state index in [1.54, 1.807) is 25.0 Å². The summed E-state index contributed by atoms with van der Waals surface area (Å²) in [6.07, 6.45) is 0. The molecule has 41 heavy (non-hydrogen) atoms. The van der Waals surface area contributed by atoms with Crippen molar-refractivity contribution < 1.29 is 23.8 Å². The third kappa shape index (κ3) is 6.07. The molecular formula is C29H41N7O5. The van der Waals surface area contributed by atoms with Crippen molar-refractivity contribution in [2.75, 3.05) is 58.0 Å². The summed E-state index contributed by atoms with van der Waals surface area (Å²) in [6.45, 7) is 15.6. The Kier molecular flexibility index (Phi) is 9.01. The summed E-state index contributed by atoms with van der Waals surface area (Å²) in [7, 11) is 1.65. The Balaban J connectivity index is 1.75. The molecule has 1 aromatic carbocycles. The van der Waals surface area contributed by atoms with Crippen LogP contribution >= 0.6 is 0 Å². The number of benzene rings is 1. The number of ether oxygens (including phenoxy) is 3. The number of nitrogens with zero attached hydrogens (tertiary/aromatic N) is 6. The minimum absolute atomic E-state index is 0.103. The number of Topliss-reactive ketones (excluding diaryl/α,β-unsaturated/α-hetero) is 1. The smallest absolute Gasteiger partial charge is 0.259 e. The van der Waals surface area contributed by atoms with Gasteiger partial charge in [0.05, 0.1) is 32.6 Å². The SMILES string of the molecule is CCOc1nn2c(=N)n(CC(=O)c3cc(N4CCOCC4)c(OC)c(C(C)(C)C)c3)nc2cc1C(=O)N(CC)CC. The van der Waals surface area contributed by atoms with Crippen molar-refractivity contribution in [2.24, 2.45) is 0 Å². The molecule has 0 bridgehead atoms. The standard InChI is InChI=1S/C29H41N7O5/c1-8-33(9-2)27(38)20-17-24-31-35(28(30)36(24)32-26(20)41-10-3)18-23(37)19-15-21(29(4,5)6)25(39-7)22(16-19)34-11-13-40-14-12-34/h15-17,30H,8-14,18H2,1-7H3. The van der Waals surface area contributed by atoms with E-state index in [0.29, 0.717) is 51.6 Å². The number of hydrogen-bond donors (Lipinski definition) is 1. The molecule has 3 heterocycles. The van der Waals surface area contributed by atoms with Crippen LogP contribution in [0.3, 0.4) is 0 Å². The van der Waals surface area contributed by atoms with E-state index in [1.807, 2.05) is 26.0 Å². The Labute approximate surface area is 240 Å². The predicted molar refractivity (Wildman–Crippen MR) is 154 cm³/mol. The molecule has 0 spiro atoms. The van der Waals surface area contributed by atoms with Crippen LogP contribution in [0.1, 0.15) is 67.8 Å². The fourth-order valence-corrected chi connectivity index (χ4v) is 4.96. The number of carbonyl (C=O) groups is 2. The lowest BCUT2D eigenvalue weighted by Crippen LogP contribution is -2.37. The Hall–Kier alpha value is -3.93. The molecule has 1 aliphatic rings. The second-order valence-electron chi connectivity index (χ2n) is 10.9. The van der Waals surface area contributed by atoms with Gasteiger partial charge in [-0.1, -0.05) is 20.8 Å². The van der Waals surface area contributed by atoms with E-state index in [4.69, 9.17) is 19.6 Å². The maximum atomic E-state index is 13.7. The largest absolute Gasteiger partial charge is 0.494 e. The summed E-state index contributed by atoms with van der Waals surface area (Å²) in [4.78, 5) is 30.7. The van der Waals surface area contributed by atoms with Crippen molar-refractivity contribution in [1.82, 2.24) is 24.3 Å². The summed E-state index contributed by atoms with van der Waals surface area (Å²) < 4.78 is 19.6. The average Bonchev–Trinajstić information content (AvgIpc) is 3.26. The lowest BCUT2D eigenvalue weighted by Gasteiger charge is -2.33. The van der Waals surface area contributed by atoms with E-state index >= 15 is 0 Å². The topological polar surface area (TPSA) is 127 Å². The van der Waals surface area contributed by atoms with Crippen LogP contribution < -0.4 is 20.0 Å². The van der Waals surface area contributed by atoms with E-state index in [9.17, 15) is 9.59 Å². The summed E-state index contributed by atoms with van der Waals surface area (Å²) >= 11 is 0. The predicted octanol–water partition coefficient (Wildman–Crippen LogP) is 2.92. The molecule has 1 N–H and O–H groups in total. The number of ketones is 1. The van der Waals surface area contributed by atoms with Gasteiger partial charge in [-0.3, -0.25) is 15.0 Å². The number of fused-ring (bicyclic) bond motifs is 1. The van der Waals surface area contributed by atoms with Crippen LogP contribution in [0.5, 0.6) is 11.6 Å². The van der Waals surface area contributed by atoms with E-state index in [1.165, 1.54) is 9.20 Å². The van der Waals surface area contributed by atoms with Crippen molar-refractivity contribution in [3.63, 3.8) is 0 Å². The molecule has 0 atom stereocenters. The first kappa shape index (κ1) is 30.0. The quantitative estimate of drug-likeness (QED) is 0.371. The first-order valence-electron chi connectivity index (χ1n) is 14.1. The van der Waals surface area contributed by atoms with Crippen LogP contribution in [0.4, 0.5) is 5.69 Å². The summed E-state index contributed by atoms with van der Waals surface area (Å²) in [5.74, 6) is 0.435. The van der Waals surface area contributed by atoms with Gasteiger partial charge in [0, 0.05) is 43.4 Å². The van der Waals surface area contributed by atoms with Crippen molar-refractivity contribution in [1.29, 1.82) is 5.41 Å². The van der Waals surface area contributed by atoms with E-state index in [2.05, 4.69) is 35.9 Å². The van der Waals surface area contributed by atoms with Gasteiger partial charge in [-0.05, 0) is 38.3 Å². The maximum absolute atomic E-state index is 13.7. The minimum atomic E-state index is -0.285.